The maximum Gasteiger partial charge on any atom is 0.139 e. The van der Waals surface area contributed by atoms with E-state index >= 15 is 0 Å². The number of benzene rings is 1. The fraction of sp³-hybridized carbons (Fsp3) is 0.316. The van der Waals surface area contributed by atoms with E-state index in [-0.39, 0.29) is 5.82 Å². The van der Waals surface area contributed by atoms with Gasteiger partial charge in [0.1, 0.15) is 11.5 Å². The number of nitrogens with one attached hydrogen (secondary N) is 1. The topological polar surface area (TPSA) is 32.6 Å². The summed E-state index contributed by atoms with van der Waals surface area (Å²) in [6.07, 6.45) is 2.67. The van der Waals surface area contributed by atoms with Crippen LogP contribution in [-0.2, 0) is 6.54 Å². The molecule has 4 nitrogen and oxygen atoms in total. The number of imidazole rings is 1. The van der Waals surface area contributed by atoms with Crippen molar-refractivity contribution in [3.05, 3.63) is 60.2 Å². The molecule has 3 heterocycles. The van der Waals surface area contributed by atoms with Gasteiger partial charge in [0.15, 0.2) is 0 Å². The number of fused-ring (bicyclic) bond motifs is 1. The predicted molar refractivity (Wildman–Crippen MR) is 93.3 cm³/mol. The fourth-order valence-corrected chi connectivity index (χ4v) is 3.32. The lowest BCUT2D eigenvalue weighted by molar-refractivity contribution is 0.280. The van der Waals surface area contributed by atoms with E-state index in [9.17, 15) is 4.39 Å². The Bertz CT molecular complexity index is 820. The Morgan fingerprint density at radius 3 is 2.79 bits per heavy atom. The molecule has 4 rings (SSSR count). The van der Waals surface area contributed by atoms with Crippen LogP contribution in [0.5, 0.6) is 0 Å². The summed E-state index contributed by atoms with van der Waals surface area (Å²) in [5, 5.41) is 3.43. The van der Waals surface area contributed by atoms with E-state index in [0.717, 1.165) is 61.7 Å². The monoisotopic (exact) mass is 324 g/mol. The van der Waals surface area contributed by atoms with E-state index in [0.29, 0.717) is 0 Å². The molecule has 0 atom stereocenters. The summed E-state index contributed by atoms with van der Waals surface area (Å²) >= 11 is 0. The number of pyridine rings is 1. The highest BCUT2D eigenvalue weighted by molar-refractivity contribution is 5.66. The molecule has 1 aliphatic rings. The van der Waals surface area contributed by atoms with Crippen LogP contribution in [0.2, 0.25) is 0 Å². The van der Waals surface area contributed by atoms with Crippen molar-refractivity contribution in [1.29, 1.82) is 0 Å². The van der Waals surface area contributed by atoms with Gasteiger partial charge in [0.05, 0.1) is 11.4 Å². The zero-order chi connectivity index (χ0) is 16.4. The van der Waals surface area contributed by atoms with Crippen molar-refractivity contribution in [2.24, 2.45) is 0 Å². The molecule has 0 radical (unpaired) electrons. The summed E-state index contributed by atoms with van der Waals surface area (Å²) in [5.41, 5.74) is 3.86. The largest absolute Gasteiger partial charge is 0.315 e. The molecule has 3 aromatic rings. The van der Waals surface area contributed by atoms with Crippen LogP contribution >= 0.6 is 0 Å². The third-order valence-corrected chi connectivity index (χ3v) is 4.53. The quantitative estimate of drug-likeness (QED) is 0.804. The van der Waals surface area contributed by atoms with Gasteiger partial charge in [0.2, 0.25) is 0 Å². The van der Waals surface area contributed by atoms with E-state index in [2.05, 4.69) is 22.3 Å². The van der Waals surface area contributed by atoms with Crippen molar-refractivity contribution in [2.75, 3.05) is 26.2 Å². The lowest BCUT2D eigenvalue weighted by Gasteiger charge is -2.20. The summed E-state index contributed by atoms with van der Waals surface area (Å²) in [6, 6.07) is 13.4. The molecule has 2 aromatic heterocycles. The maximum atomic E-state index is 13.8. The molecule has 124 valence electrons. The van der Waals surface area contributed by atoms with Crippen LogP contribution < -0.4 is 5.32 Å². The Morgan fingerprint density at radius 1 is 1.04 bits per heavy atom. The Morgan fingerprint density at radius 2 is 1.92 bits per heavy atom. The Kier molecular flexibility index (Phi) is 4.28. The number of rotatable bonds is 3. The maximum absolute atomic E-state index is 13.8. The fourth-order valence-electron chi connectivity index (χ4n) is 3.32. The Balaban J connectivity index is 1.79. The van der Waals surface area contributed by atoms with Crippen LogP contribution in [0.3, 0.4) is 0 Å². The number of aromatic nitrogens is 2. The molecule has 1 aliphatic heterocycles. The summed E-state index contributed by atoms with van der Waals surface area (Å²) in [7, 11) is 0. The van der Waals surface area contributed by atoms with Gasteiger partial charge in [-0.3, -0.25) is 9.30 Å². The lowest BCUT2D eigenvalue weighted by Crippen LogP contribution is -2.28. The van der Waals surface area contributed by atoms with Crippen molar-refractivity contribution >= 4 is 5.65 Å². The van der Waals surface area contributed by atoms with Gasteiger partial charge in [-0.1, -0.05) is 30.3 Å². The van der Waals surface area contributed by atoms with E-state index in [4.69, 9.17) is 4.98 Å². The molecule has 0 unspecified atom stereocenters. The van der Waals surface area contributed by atoms with Gasteiger partial charge >= 0.3 is 0 Å². The normalized spacial score (nSPS) is 16.4. The molecular formula is C19H21FN4. The minimum Gasteiger partial charge on any atom is -0.315 e. The van der Waals surface area contributed by atoms with E-state index in [1.807, 2.05) is 22.6 Å². The molecule has 0 amide bonds. The highest BCUT2D eigenvalue weighted by Gasteiger charge is 2.18. The third kappa shape index (κ3) is 3.05. The molecule has 1 fully saturated rings. The van der Waals surface area contributed by atoms with Crippen molar-refractivity contribution < 1.29 is 4.39 Å². The van der Waals surface area contributed by atoms with Gasteiger partial charge in [-0.25, -0.2) is 9.37 Å². The minimum atomic E-state index is -0.238. The van der Waals surface area contributed by atoms with Gasteiger partial charge < -0.3 is 5.32 Å². The van der Waals surface area contributed by atoms with Gasteiger partial charge in [0, 0.05) is 31.4 Å². The average Bonchev–Trinajstić information content (AvgIpc) is 2.78. The molecule has 1 N–H and O–H groups in total. The zero-order valence-electron chi connectivity index (χ0n) is 13.6. The second-order valence-electron chi connectivity index (χ2n) is 6.23. The first-order chi connectivity index (χ1) is 11.8. The SMILES string of the molecule is Fc1ccc2nc(-c3ccccc3)c(CN3CCCNCC3)n2c1. The first kappa shape index (κ1) is 15.3. The number of halogens is 1. The summed E-state index contributed by atoms with van der Waals surface area (Å²) in [5.74, 6) is -0.238. The summed E-state index contributed by atoms with van der Waals surface area (Å²) in [6.45, 7) is 4.87. The third-order valence-electron chi connectivity index (χ3n) is 4.53. The van der Waals surface area contributed by atoms with Crippen LogP contribution in [0.25, 0.3) is 16.9 Å². The van der Waals surface area contributed by atoms with Crippen LogP contribution in [0.4, 0.5) is 4.39 Å². The molecule has 1 saturated heterocycles. The molecule has 1 aromatic carbocycles. The second kappa shape index (κ2) is 6.71. The highest BCUT2D eigenvalue weighted by Crippen LogP contribution is 2.26. The zero-order valence-corrected chi connectivity index (χ0v) is 13.6. The van der Waals surface area contributed by atoms with Crippen LogP contribution in [0.1, 0.15) is 12.1 Å². The molecule has 0 bridgehead atoms. The molecule has 0 aliphatic carbocycles. The number of nitrogens with zero attached hydrogens (tertiary/aromatic N) is 3. The summed E-state index contributed by atoms with van der Waals surface area (Å²) in [4.78, 5) is 7.18. The highest BCUT2D eigenvalue weighted by atomic mass is 19.1. The van der Waals surface area contributed by atoms with Gasteiger partial charge in [-0.05, 0) is 31.6 Å². The second-order valence-corrected chi connectivity index (χ2v) is 6.23. The van der Waals surface area contributed by atoms with Crippen LogP contribution in [0.15, 0.2) is 48.7 Å². The van der Waals surface area contributed by atoms with E-state index < -0.39 is 0 Å². The number of hydrogen-bond acceptors (Lipinski definition) is 3. The smallest absolute Gasteiger partial charge is 0.139 e. The van der Waals surface area contributed by atoms with E-state index in [1.165, 1.54) is 6.07 Å². The van der Waals surface area contributed by atoms with Crippen molar-refractivity contribution in [2.45, 2.75) is 13.0 Å². The summed E-state index contributed by atoms with van der Waals surface area (Å²) < 4.78 is 15.7. The molecule has 5 heteroatoms. The van der Waals surface area contributed by atoms with Crippen molar-refractivity contribution in [3.8, 4) is 11.3 Å². The molecule has 0 spiro atoms. The Labute approximate surface area is 140 Å². The van der Waals surface area contributed by atoms with Gasteiger partial charge in [0.25, 0.3) is 0 Å². The van der Waals surface area contributed by atoms with Gasteiger partial charge in [-0.2, -0.15) is 0 Å². The molecular weight excluding hydrogens is 303 g/mol. The lowest BCUT2D eigenvalue weighted by atomic mass is 10.1. The standard InChI is InChI=1S/C19H21FN4/c20-16-7-8-18-22-19(15-5-2-1-3-6-15)17(24(18)13-16)14-23-11-4-9-21-10-12-23/h1-3,5-8,13,21H,4,9-12,14H2. The molecule has 0 saturated carbocycles. The van der Waals surface area contributed by atoms with Crippen molar-refractivity contribution in [1.82, 2.24) is 19.6 Å². The minimum absolute atomic E-state index is 0.238. The number of hydrogen-bond donors (Lipinski definition) is 1. The first-order valence-electron chi connectivity index (χ1n) is 8.46. The van der Waals surface area contributed by atoms with Gasteiger partial charge in [-0.15, -0.1) is 0 Å². The first-order valence-corrected chi connectivity index (χ1v) is 8.46. The van der Waals surface area contributed by atoms with E-state index in [1.54, 1.807) is 12.3 Å². The average molecular weight is 324 g/mol. The van der Waals surface area contributed by atoms with Crippen LogP contribution in [0, 0.1) is 5.82 Å². The Hall–Kier alpha value is -2.24. The molecule has 24 heavy (non-hydrogen) atoms. The predicted octanol–water partition coefficient (Wildman–Crippen LogP) is 2.94. The van der Waals surface area contributed by atoms with Crippen LogP contribution in [-0.4, -0.2) is 40.5 Å². The van der Waals surface area contributed by atoms with Crippen molar-refractivity contribution in [3.63, 3.8) is 0 Å².